The van der Waals surface area contributed by atoms with E-state index in [-0.39, 0.29) is 6.61 Å². The summed E-state index contributed by atoms with van der Waals surface area (Å²) in [5.41, 5.74) is 2.53. The molecule has 6 nitrogen and oxygen atoms in total. The summed E-state index contributed by atoms with van der Waals surface area (Å²) in [6.07, 6.45) is 0.512. The van der Waals surface area contributed by atoms with Gasteiger partial charge in [-0.1, -0.05) is 43.3 Å². The zero-order valence-electron chi connectivity index (χ0n) is 19.9. The minimum Gasteiger partial charge on any atom is -0.493 e. The third-order valence-electron chi connectivity index (χ3n) is 6.12. The molecule has 0 radical (unpaired) electrons. The van der Waals surface area contributed by atoms with Gasteiger partial charge in [0.15, 0.2) is 11.5 Å². The number of β-amino-alcohol motifs (C(OH)–C–C–N with tert-alkyl or cyclic N) is 1. The van der Waals surface area contributed by atoms with Crippen molar-refractivity contribution in [1.82, 2.24) is 14.7 Å². The Morgan fingerprint density at radius 3 is 2.38 bits per heavy atom. The van der Waals surface area contributed by atoms with Crippen molar-refractivity contribution in [2.24, 2.45) is 0 Å². The van der Waals surface area contributed by atoms with E-state index in [1.165, 1.54) is 11.1 Å². The lowest BCUT2D eigenvalue weighted by Crippen LogP contribution is -2.49. The maximum atomic E-state index is 10.4. The van der Waals surface area contributed by atoms with Crippen molar-refractivity contribution in [2.75, 3.05) is 66.6 Å². The Bertz CT molecular complexity index is 794. The predicted octanol–water partition coefficient (Wildman–Crippen LogP) is 2.75. The monoisotopic (exact) mass is 441 g/mol. The van der Waals surface area contributed by atoms with Gasteiger partial charge in [0.2, 0.25) is 0 Å². The van der Waals surface area contributed by atoms with Crippen molar-refractivity contribution in [2.45, 2.75) is 26.0 Å². The molecule has 176 valence electrons. The minimum atomic E-state index is -0.517. The molecule has 1 N–H and O–H groups in total. The van der Waals surface area contributed by atoms with Gasteiger partial charge in [-0.25, -0.2) is 0 Å². The summed E-state index contributed by atoms with van der Waals surface area (Å²) in [7, 11) is 3.80. The van der Waals surface area contributed by atoms with E-state index in [0.29, 0.717) is 18.0 Å². The number of ether oxygens (including phenoxy) is 2. The molecule has 3 rings (SSSR count). The van der Waals surface area contributed by atoms with Crippen LogP contribution in [0.4, 0.5) is 0 Å². The Labute approximate surface area is 193 Å². The SMILES string of the molecule is CCN1CCN(C[C@H](O)COc2ccc(CN(C)CCc3ccccc3)cc2OC)CC1. The first-order chi connectivity index (χ1) is 15.6. The summed E-state index contributed by atoms with van der Waals surface area (Å²) in [4.78, 5) is 7.06. The Morgan fingerprint density at radius 1 is 0.969 bits per heavy atom. The first-order valence-corrected chi connectivity index (χ1v) is 11.7. The van der Waals surface area contributed by atoms with E-state index < -0.39 is 6.10 Å². The molecule has 0 unspecified atom stereocenters. The Morgan fingerprint density at radius 2 is 1.69 bits per heavy atom. The van der Waals surface area contributed by atoms with Crippen molar-refractivity contribution < 1.29 is 14.6 Å². The van der Waals surface area contributed by atoms with Gasteiger partial charge < -0.3 is 24.4 Å². The molecule has 6 heteroatoms. The van der Waals surface area contributed by atoms with Gasteiger partial charge in [0.25, 0.3) is 0 Å². The maximum Gasteiger partial charge on any atom is 0.161 e. The van der Waals surface area contributed by atoms with Gasteiger partial charge in [0.1, 0.15) is 12.7 Å². The Kier molecular flexibility index (Phi) is 9.81. The van der Waals surface area contributed by atoms with Crippen LogP contribution in [0.3, 0.4) is 0 Å². The fraction of sp³-hybridized carbons (Fsp3) is 0.538. The number of rotatable bonds is 12. The molecule has 0 aliphatic carbocycles. The van der Waals surface area contributed by atoms with E-state index in [1.807, 2.05) is 12.1 Å². The number of aliphatic hydroxyl groups excluding tert-OH is 1. The first-order valence-electron chi connectivity index (χ1n) is 11.7. The van der Waals surface area contributed by atoms with Crippen LogP contribution in [0.2, 0.25) is 0 Å². The van der Waals surface area contributed by atoms with Crippen LogP contribution >= 0.6 is 0 Å². The summed E-state index contributed by atoms with van der Waals surface area (Å²) >= 11 is 0. The number of piperazine rings is 1. The average molecular weight is 442 g/mol. The fourth-order valence-electron chi connectivity index (χ4n) is 4.11. The summed E-state index contributed by atoms with van der Waals surface area (Å²) in [6, 6.07) is 16.6. The number of hydrogen-bond acceptors (Lipinski definition) is 6. The molecular formula is C26H39N3O3. The highest BCUT2D eigenvalue weighted by Crippen LogP contribution is 2.28. The van der Waals surface area contributed by atoms with Crippen molar-refractivity contribution in [3.05, 3.63) is 59.7 Å². The maximum absolute atomic E-state index is 10.4. The number of hydrogen-bond donors (Lipinski definition) is 1. The second-order valence-corrected chi connectivity index (χ2v) is 8.66. The summed E-state index contributed by atoms with van der Waals surface area (Å²) in [5.74, 6) is 1.39. The first kappa shape index (κ1) is 24.5. The van der Waals surface area contributed by atoms with E-state index in [4.69, 9.17) is 9.47 Å². The molecule has 32 heavy (non-hydrogen) atoms. The molecule has 2 aromatic rings. The Hall–Kier alpha value is -2.12. The van der Waals surface area contributed by atoms with Crippen LogP contribution in [0.1, 0.15) is 18.1 Å². The average Bonchev–Trinajstić information content (AvgIpc) is 2.83. The van der Waals surface area contributed by atoms with Gasteiger partial charge in [0, 0.05) is 45.8 Å². The molecule has 0 spiro atoms. The largest absolute Gasteiger partial charge is 0.493 e. The third-order valence-corrected chi connectivity index (χ3v) is 6.12. The summed E-state index contributed by atoms with van der Waals surface area (Å²) in [6.45, 7) is 10.2. The molecule has 1 aliphatic heterocycles. The lowest BCUT2D eigenvalue weighted by molar-refractivity contribution is 0.0464. The van der Waals surface area contributed by atoms with Crippen LogP contribution in [0.5, 0.6) is 11.5 Å². The normalized spacial score (nSPS) is 16.3. The number of benzene rings is 2. The van der Waals surface area contributed by atoms with Crippen LogP contribution in [-0.4, -0.2) is 92.5 Å². The van der Waals surface area contributed by atoms with Gasteiger partial charge in [0.05, 0.1) is 7.11 Å². The highest BCUT2D eigenvalue weighted by atomic mass is 16.5. The van der Waals surface area contributed by atoms with E-state index in [1.54, 1.807) is 7.11 Å². The van der Waals surface area contributed by atoms with E-state index in [0.717, 1.165) is 52.2 Å². The third kappa shape index (κ3) is 7.78. The number of aliphatic hydroxyl groups is 1. The van der Waals surface area contributed by atoms with Crippen molar-refractivity contribution in [3.8, 4) is 11.5 Å². The van der Waals surface area contributed by atoms with E-state index in [2.05, 4.69) is 65.1 Å². The number of nitrogens with zero attached hydrogens (tertiary/aromatic N) is 3. The van der Waals surface area contributed by atoms with Crippen LogP contribution in [0.15, 0.2) is 48.5 Å². The van der Waals surface area contributed by atoms with Gasteiger partial charge in [-0.2, -0.15) is 0 Å². The van der Waals surface area contributed by atoms with Gasteiger partial charge in [-0.05, 0) is 43.3 Å². The molecule has 0 aromatic heterocycles. The zero-order valence-corrected chi connectivity index (χ0v) is 19.9. The lowest BCUT2D eigenvalue weighted by atomic mass is 10.1. The van der Waals surface area contributed by atoms with Gasteiger partial charge in [-0.3, -0.25) is 4.90 Å². The molecule has 1 fully saturated rings. The highest BCUT2D eigenvalue weighted by molar-refractivity contribution is 5.43. The van der Waals surface area contributed by atoms with Gasteiger partial charge >= 0.3 is 0 Å². The molecule has 0 saturated carbocycles. The molecule has 1 heterocycles. The van der Waals surface area contributed by atoms with Crippen molar-refractivity contribution >= 4 is 0 Å². The van der Waals surface area contributed by atoms with Crippen LogP contribution < -0.4 is 9.47 Å². The van der Waals surface area contributed by atoms with Crippen molar-refractivity contribution in [1.29, 1.82) is 0 Å². The molecule has 2 aromatic carbocycles. The summed E-state index contributed by atoms with van der Waals surface area (Å²) < 4.78 is 11.5. The van der Waals surface area contributed by atoms with Crippen molar-refractivity contribution in [3.63, 3.8) is 0 Å². The standard InChI is InChI=1S/C26H39N3O3/c1-4-28-14-16-29(17-15-28)20-24(30)21-32-25-11-10-23(18-26(25)31-3)19-27(2)13-12-22-8-6-5-7-9-22/h5-11,18,24,30H,4,12-17,19-21H2,1-3H3/t24-/m0/s1. The topological polar surface area (TPSA) is 48.4 Å². The van der Waals surface area contributed by atoms with Crippen LogP contribution in [0.25, 0.3) is 0 Å². The van der Waals surface area contributed by atoms with E-state index in [9.17, 15) is 5.11 Å². The summed E-state index contributed by atoms with van der Waals surface area (Å²) in [5, 5.41) is 10.4. The van der Waals surface area contributed by atoms with E-state index >= 15 is 0 Å². The van der Waals surface area contributed by atoms with Gasteiger partial charge in [-0.15, -0.1) is 0 Å². The minimum absolute atomic E-state index is 0.265. The molecule has 1 atom stereocenters. The lowest BCUT2D eigenvalue weighted by Gasteiger charge is -2.34. The smallest absolute Gasteiger partial charge is 0.161 e. The second kappa shape index (κ2) is 12.8. The Balaban J connectivity index is 1.45. The van der Waals surface area contributed by atoms with Crippen LogP contribution in [-0.2, 0) is 13.0 Å². The quantitative estimate of drug-likeness (QED) is 0.547. The second-order valence-electron chi connectivity index (χ2n) is 8.66. The molecular weight excluding hydrogens is 402 g/mol. The van der Waals surface area contributed by atoms with Crippen LogP contribution in [0, 0.1) is 0 Å². The fourth-order valence-corrected chi connectivity index (χ4v) is 4.11. The molecule has 0 bridgehead atoms. The zero-order chi connectivity index (χ0) is 22.8. The number of methoxy groups -OCH3 is 1. The molecule has 1 aliphatic rings. The molecule has 0 amide bonds. The predicted molar refractivity (Wildman–Crippen MR) is 130 cm³/mol. The highest BCUT2D eigenvalue weighted by Gasteiger charge is 2.19. The number of likely N-dealkylation sites (N-methyl/N-ethyl adjacent to an activating group) is 2. The molecule has 1 saturated heterocycles.